The molecule has 0 saturated heterocycles. The minimum absolute atomic E-state index is 0.161. The van der Waals surface area contributed by atoms with Gasteiger partial charge in [-0.25, -0.2) is 26.4 Å². The molecule has 0 saturated carbocycles. The van der Waals surface area contributed by atoms with Crippen molar-refractivity contribution in [2.75, 3.05) is 20.1 Å². The number of carbonyl (C=O) groups excluding carboxylic acids is 2. The zero-order valence-electron chi connectivity index (χ0n) is 21.3. The maximum atomic E-state index is 12.6. The van der Waals surface area contributed by atoms with Crippen LogP contribution in [-0.4, -0.2) is 40.4 Å². The highest BCUT2D eigenvalue weighted by atomic mass is 32.2. The summed E-state index contributed by atoms with van der Waals surface area (Å²) in [5.41, 5.74) is 12.7. The highest BCUT2D eigenvalue weighted by Crippen LogP contribution is 2.24. The van der Waals surface area contributed by atoms with Crippen molar-refractivity contribution in [3.05, 3.63) is 59.7 Å². The van der Waals surface area contributed by atoms with Gasteiger partial charge in [0.15, 0.2) is 0 Å². The van der Waals surface area contributed by atoms with Crippen molar-refractivity contribution < 1.29 is 26.4 Å². The summed E-state index contributed by atoms with van der Waals surface area (Å²) in [5.74, 6) is -0.344. The second kappa shape index (κ2) is 13.4. The number of anilines is 2. The van der Waals surface area contributed by atoms with Crippen LogP contribution in [-0.2, 0) is 26.5 Å². The van der Waals surface area contributed by atoms with Crippen LogP contribution in [0.5, 0.6) is 0 Å². The number of nitrogens with two attached hydrogens (primary N) is 2. The first kappa shape index (κ1) is 30.1. The van der Waals surface area contributed by atoms with E-state index in [-0.39, 0.29) is 22.9 Å². The standard InChI is InChI=1S/C25H36N4O6S2/c1-3-5-7-17-36(32,33)28(24(26)30)22-13-9-20(10-14-22)19-21-11-15-23(16-12-21)29(25(27)31)37(34,35)18-8-6-4-2/h9-16H,3-8,17-19H2,1-2H3,(H2,26,30)(H2,27,31). The summed E-state index contributed by atoms with van der Waals surface area (Å²) in [6, 6.07) is 10.7. The minimum Gasteiger partial charge on any atom is -0.350 e. The van der Waals surface area contributed by atoms with E-state index in [4.69, 9.17) is 11.5 Å². The zero-order chi connectivity index (χ0) is 27.6. The molecule has 4 N–H and O–H groups in total. The highest BCUT2D eigenvalue weighted by Gasteiger charge is 2.28. The zero-order valence-corrected chi connectivity index (χ0v) is 22.9. The second-order valence-corrected chi connectivity index (χ2v) is 12.6. The molecule has 0 radical (unpaired) electrons. The molecule has 2 aromatic carbocycles. The van der Waals surface area contributed by atoms with Gasteiger partial charge in [-0.2, -0.15) is 8.61 Å². The van der Waals surface area contributed by atoms with Crippen LogP contribution in [0.25, 0.3) is 0 Å². The van der Waals surface area contributed by atoms with E-state index in [1.54, 1.807) is 24.3 Å². The number of sulfonamides is 2. The van der Waals surface area contributed by atoms with E-state index in [0.717, 1.165) is 36.8 Å². The third kappa shape index (κ3) is 8.46. The third-order valence-electron chi connectivity index (χ3n) is 5.72. The summed E-state index contributed by atoms with van der Waals surface area (Å²) < 4.78 is 51.8. The molecule has 0 spiro atoms. The van der Waals surface area contributed by atoms with Crippen LogP contribution in [0.1, 0.15) is 63.5 Å². The maximum Gasteiger partial charge on any atom is 0.333 e. The minimum atomic E-state index is -3.89. The maximum absolute atomic E-state index is 12.6. The van der Waals surface area contributed by atoms with Gasteiger partial charge in [-0.05, 0) is 54.7 Å². The Morgan fingerprint density at radius 2 is 0.946 bits per heavy atom. The van der Waals surface area contributed by atoms with Crippen molar-refractivity contribution >= 4 is 43.5 Å². The summed E-state index contributed by atoms with van der Waals surface area (Å²) in [5, 5.41) is 0. The molecule has 2 aromatic rings. The number of amides is 4. The average Bonchev–Trinajstić information content (AvgIpc) is 2.81. The molecule has 0 heterocycles. The number of benzene rings is 2. The number of rotatable bonds is 14. The Hall–Kier alpha value is -3.12. The summed E-state index contributed by atoms with van der Waals surface area (Å²) >= 11 is 0. The molecule has 0 bridgehead atoms. The normalized spacial score (nSPS) is 11.7. The SMILES string of the molecule is CCCCCS(=O)(=O)N(C(N)=O)c1ccc(Cc2ccc(N(C(N)=O)S(=O)(=O)CCCCC)cc2)cc1. The van der Waals surface area contributed by atoms with E-state index in [1.807, 2.05) is 13.8 Å². The lowest BCUT2D eigenvalue weighted by atomic mass is 10.0. The average molecular weight is 553 g/mol. The largest absolute Gasteiger partial charge is 0.350 e. The smallest absolute Gasteiger partial charge is 0.333 e. The molecule has 10 nitrogen and oxygen atoms in total. The Morgan fingerprint density at radius 1 is 0.622 bits per heavy atom. The number of primary amides is 2. The van der Waals surface area contributed by atoms with E-state index >= 15 is 0 Å². The van der Waals surface area contributed by atoms with Crippen LogP contribution in [0.3, 0.4) is 0 Å². The van der Waals surface area contributed by atoms with Gasteiger partial charge in [-0.15, -0.1) is 0 Å². The van der Waals surface area contributed by atoms with E-state index in [2.05, 4.69) is 0 Å². The van der Waals surface area contributed by atoms with Gasteiger partial charge in [0, 0.05) is 0 Å². The molecule has 12 heteroatoms. The van der Waals surface area contributed by atoms with Gasteiger partial charge >= 0.3 is 12.1 Å². The summed E-state index contributed by atoms with van der Waals surface area (Å²) in [4.78, 5) is 23.8. The number of hydrogen-bond acceptors (Lipinski definition) is 6. The van der Waals surface area contributed by atoms with Crippen molar-refractivity contribution in [2.45, 2.75) is 58.8 Å². The van der Waals surface area contributed by atoms with Crippen LogP contribution in [0.15, 0.2) is 48.5 Å². The lowest BCUT2D eigenvalue weighted by Gasteiger charge is -2.21. The van der Waals surface area contributed by atoms with Crippen LogP contribution >= 0.6 is 0 Å². The number of hydrogen-bond donors (Lipinski definition) is 2. The number of unbranched alkanes of at least 4 members (excludes halogenated alkanes) is 4. The number of carbonyl (C=O) groups is 2. The molecular weight excluding hydrogens is 516 g/mol. The number of urea groups is 2. The topological polar surface area (TPSA) is 161 Å². The molecule has 0 aliphatic carbocycles. The van der Waals surface area contributed by atoms with Crippen LogP contribution in [0, 0.1) is 0 Å². The van der Waals surface area contributed by atoms with Gasteiger partial charge in [-0.1, -0.05) is 63.8 Å². The number of nitrogens with zero attached hydrogens (tertiary/aromatic N) is 2. The van der Waals surface area contributed by atoms with Gasteiger partial charge < -0.3 is 11.5 Å². The molecule has 2 rings (SSSR count). The monoisotopic (exact) mass is 552 g/mol. The lowest BCUT2D eigenvalue weighted by Crippen LogP contribution is -2.42. The van der Waals surface area contributed by atoms with E-state index in [1.165, 1.54) is 24.3 Å². The van der Waals surface area contributed by atoms with E-state index in [0.29, 0.717) is 27.9 Å². The van der Waals surface area contributed by atoms with Gasteiger partial charge in [0.1, 0.15) is 0 Å². The van der Waals surface area contributed by atoms with Crippen LogP contribution in [0.4, 0.5) is 21.0 Å². The quantitative estimate of drug-likeness (QED) is 0.336. The fourth-order valence-corrected chi connectivity index (χ4v) is 6.77. The summed E-state index contributed by atoms with van der Waals surface area (Å²) in [6.45, 7) is 3.91. The van der Waals surface area contributed by atoms with Crippen LogP contribution < -0.4 is 20.1 Å². The fourth-order valence-electron chi connectivity index (χ4n) is 3.84. The molecule has 0 aliphatic rings. The van der Waals surface area contributed by atoms with Crippen molar-refractivity contribution in [2.24, 2.45) is 11.5 Å². The third-order valence-corrected chi connectivity index (χ3v) is 9.22. The van der Waals surface area contributed by atoms with Gasteiger partial charge in [0.2, 0.25) is 20.0 Å². The molecule has 204 valence electrons. The van der Waals surface area contributed by atoms with E-state index < -0.39 is 32.1 Å². The Bertz CT molecular complexity index is 1160. The van der Waals surface area contributed by atoms with Crippen LogP contribution in [0.2, 0.25) is 0 Å². The van der Waals surface area contributed by atoms with Crippen molar-refractivity contribution in [1.82, 2.24) is 0 Å². The van der Waals surface area contributed by atoms with Crippen molar-refractivity contribution in [3.8, 4) is 0 Å². The van der Waals surface area contributed by atoms with E-state index in [9.17, 15) is 26.4 Å². The second-order valence-electron chi connectivity index (χ2n) is 8.76. The lowest BCUT2D eigenvalue weighted by molar-refractivity contribution is 0.256. The molecule has 0 aromatic heterocycles. The predicted octanol–water partition coefficient (Wildman–Crippen LogP) is 4.09. The van der Waals surface area contributed by atoms with Crippen molar-refractivity contribution in [3.63, 3.8) is 0 Å². The molecule has 37 heavy (non-hydrogen) atoms. The van der Waals surface area contributed by atoms with Gasteiger partial charge in [0.25, 0.3) is 0 Å². The molecule has 0 aliphatic heterocycles. The molecule has 4 amide bonds. The Balaban J connectivity index is 2.18. The van der Waals surface area contributed by atoms with Gasteiger partial charge in [-0.3, -0.25) is 0 Å². The first-order valence-electron chi connectivity index (χ1n) is 12.3. The van der Waals surface area contributed by atoms with Crippen molar-refractivity contribution in [1.29, 1.82) is 0 Å². The molecular formula is C25H36N4O6S2. The first-order valence-corrected chi connectivity index (χ1v) is 15.5. The molecule has 0 fully saturated rings. The summed E-state index contributed by atoms with van der Waals surface area (Å²) in [7, 11) is -7.78. The fraction of sp³-hybridized carbons (Fsp3) is 0.440. The first-order chi connectivity index (χ1) is 17.4. The predicted molar refractivity (Wildman–Crippen MR) is 146 cm³/mol. The highest BCUT2D eigenvalue weighted by molar-refractivity contribution is 7.93. The Kier molecular flexibility index (Phi) is 10.9. The summed E-state index contributed by atoms with van der Waals surface area (Å²) in [6.07, 6.45) is 4.46. The Morgan fingerprint density at radius 3 is 1.22 bits per heavy atom. The molecule has 0 unspecified atom stereocenters. The Labute approximate surface area is 219 Å². The molecule has 0 atom stereocenters. The van der Waals surface area contributed by atoms with Gasteiger partial charge in [0.05, 0.1) is 22.9 Å².